The highest BCUT2D eigenvalue weighted by Crippen LogP contribution is 2.22. The van der Waals surface area contributed by atoms with Gasteiger partial charge in [0, 0.05) is 10.5 Å². The maximum atomic E-state index is 12.9. The largest absolute Gasteiger partial charge is 0.544 e. The molecule has 0 saturated heterocycles. The summed E-state index contributed by atoms with van der Waals surface area (Å²) in [5.74, 6) is 0.327. The van der Waals surface area contributed by atoms with Gasteiger partial charge < -0.3 is 4.43 Å². The molecule has 13 heavy (non-hydrogen) atoms. The minimum absolute atomic E-state index is 0.275. The predicted molar refractivity (Wildman–Crippen MR) is 58.1 cm³/mol. The standard InChI is InChI=1S/C9H12BrFOSi/c1-13(2,3)12-9-5-7(10)4-8(11)6-9/h4-6H,1-3H3. The zero-order valence-corrected chi connectivity index (χ0v) is 10.5. The summed E-state index contributed by atoms with van der Waals surface area (Å²) in [6.07, 6.45) is 0. The van der Waals surface area contributed by atoms with Crippen molar-refractivity contribution in [2.75, 3.05) is 0 Å². The van der Waals surface area contributed by atoms with Gasteiger partial charge in [-0.05, 0) is 31.8 Å². The molecule has 0 fully saturated rings. The zero-order valence-electron chi connectivity index (χ0n) is 7.90. The maximum absolute atomic E-state index is 12.9. The van der Waals surface area contributed by atoms with Crippen molar-refractivity contribution in [2.24, 2.45) is 0 Å². The second-order valence-electron chi connectivity index (χ2n) is 3.82. The van der Waals surface area contributed by atoms with Crippen LogP contribution in [0.3, 0.4) is 0 Å². The Hall–Kier alpha value is -0.353. The van der Waals surface area contributed by atoms with E-state index in [2.05, 4.69) is 35.6 Å². The lowest BCUT2D eigenvalue weighted by atomic mass is 10.3. The number of rotatable bonds is 2. The van der Waals surface area contributed by atoms with Crippen molar-refractivity contribution in [1.82, 2.24) is 0 Å². The SMILES string of the molecule is C[Si](C)(C)Oc1cc(F)cc(Br)c1. The fourth-order valence-corrected chi connectivity index (χ4v) is 2.21. The Bertz CT molecular complexity index is 289. The first-order chi connectivity index (χ1) is 5.87. The molecule has 72 valence electrons. The van der Waals surface area contributed by atoms with Crippen molar-refractivity contribution >= 4 is 24.2 Å². The van der Waals surface area contributed by atoms with Crippen molar-refractivity contribution in [3.05, 3.63) is 28.5 Å². The summed E-state index contributed by atoms with van der Waals surface area (Å²) < 4.78 is 19.2. The average Bonchev–Trinajstić information content (AvgIpc) is 1.78. The van der Waals surface area contributed by atoms with Crippen LogP contribution < -0.4 is 4.43 Å². The molecular weight excluding hydrogens is 251 g/mol. The van der Waals surface area contributed by atoms with Crippen LogP contribution in [0.4, 0.5) is 4.39 Å². The first-order valence-electron chi connectivity index (χ1n) is 4.02. The number of benzene rings is 1. The topological polar surface area (TPSA) is 9.23 Å². The molecule has 0 N–H and O–H groups in total. The molecule has 4 heteroatoms. The van der Waals surface area contributed by atoms with E-state index in [0.717, 1.165) is 0 Å². The first-order valence-corrected chi connectivity index (χ1v) is 8.22. The van der Waals surface area contributed by atoms with Gasteiger partial charge in [0.1, 0.15) is 11.6 Å². The minimum atomic E-state index is -1.63. The van der Waals surface area contributed by atoms with Gasteiger partial charge in [-0.2, -0.15) is 0 Å². The summed E-state index contributed by atoms with van der Waals surface area (Å²) in [6, 6.07) is 4.60. The highest BCUT2D eigenvalue weighted by Gasteiger charge is 2.16. The molecular formula is C9H12BrFOSi. The van der Waals surface area contributed by atoms with Crippen LogP contribution in [0.2, 0.25) is 19.6 Å². The lowest BCUT2D eigenvalue weighted by Gasteiger charge is -2.19. The third kappa shape index (κ3) is 3.91. The second kappa shape index (κ2) is 3.80. The van der Waals surface area contributed by atoms with Gasteiger partial charge in [-0.1, -0.05) is 15.9 Å². The predicted octanol–water partition coefficient (Wildman–Crippen LogP) is 3.80. The van der Waals surface area contributed by atoms with Crippen molar-refractivity contribution in [3.63, 3.8) is 0 Å². The molecule has 0 aromatic heterocycles. The van der Waals surface area contributed by atoms with Gasteiger partial charge in [0.2, 0.25) is 8.32 Å². The summed E-state index contributed by atoms with van der Waals surface area (Å²) in [5, 5.41) is 0. The van der Waals surface area contributed by atoms with Gasteiger partial charge in [0.05, 0.1) is 0 Å². The van der Waals surface area contributed by atoms with E-state index in [1.54, 1.807) is 6.07 Å². The van der Waals surface area contributed by atoms with Crippen LogP contribution in [0.1, 0.15) is 0 Å². The summed E-state index contributed by atoms with van der Waals surface area (Å²) in [5.41, 5.74) is 0. The normalized spacial score (nSPS) is 11.5. The molecule has 0 spiro atoms. The van der Waals surface area contributed by atoms with E-state index in [-0.39, 0.29) is 5.82 Å². The van der Waals surface area contributed by atoms with Crippen LogP contribution >= 0.6 is 15.9 Å². The molecule has 0 atom stereocenters. The van der Waals surface area contributed by atoms with Gasteiger partial charge in [-0.3, -0.25) is 0 Å². The zero-order chi connectivity index (χ0) is 10.1. The Balaban J connectivity index is 2.90. The Labute approximate surface area is 87.2 Å². The Morgan fingerprint density at radius 3 is 2.31 bits per heavy atom. The molecule has 0 amide bonds. The summed E-state index contributed by atoms with van der Waals surface area (Å²) >= 11 is 3.22. The number of hydrogen-bond acceptors (Lipinski definition) is 1. The molecule has 0 aliphatic rings. The Morgan fingerprint density at radius 1 is 1.23 bits per heavy atom. The molecule has 0 saturated carbocycles. The molecule has 0 unspecified atom stereocenters. The molecule has 1 aromatic carbocycles. The lowest BCUT2D eigenvalue weighted by molar-refractivity contribution is 0.544. The van der Waals surface area contributed by atoms with Crippen molar-refractivity contribution in [1.29, 1.82) is 0 Å². The van der Waals surface area contributed by atoms with Gasteiger partial charge in [0.25, 0.3) is 0 Å². The van der Waals surface area contributed by atoms with Crippen molar-refractivity contribution in [3.8, 4) is 5.75 Å². The molecule has 1 aromatic rings. The average molecular weight is 263 g/mol. The van der Waals surface area contributed by atoms with Crippen LogP contribution in [-0.2, 0) is 0 Å². The minimum Gasteiger partial charge on any atom is -0.544 e. The number of hydrogen-bond donors (Lipinski definition) is 0. The first kappa shape index (κ1) is 10.7. The van der Waals surface area contributed by atoms with Crippen LogP contribution in [0.15, 0.2) is 22.7 Å². The fourth-order valence-electron chi connectivity index (χ4n) is 0.941. The van der Waals surface area contributed by atoms with Gasteiger partial charge in [-0.15, -0.1) is 0 Å². The van der Waals surface area contributed by atoms with Crippen LogP contribution in [0.5, 0.6) is 5.75 Å². The lowest BCUT2D eigenvalue weighted by Crippen LogP contribution is -2.29. The van der Waals surface area contributed by atoms with E-state index in [0.29, 0.717) is 10.2 Å². The van der Waals surface area contributed by atoms with Crippen molar-refractivity contribution < 1.29 is 8.82 Å². The highest BCUT2D eigenvalue weighted by molar-refractivity contribution is 9.10. The second-order valence-corrected chi connectivity index (χ2v) is 9.16. The molecule has 0 heterocycles. The number of halogens is 2. The molecule has 0 aliphatic heterocycles. The Morgan fingerprint density at radius 2 is 1.85 bits per heavy atom. The third-order valence-electron chi connectivity index (χ3n) is 1.26. The third-order valence-corrected chi connectivity index (χ3v) is 2.57. The van der Waals surface area contributed by atoms with Crippen LogP contribution in [0.25, 0.3) is 0 Å². The molecule has 1 rings (SSSR count). The van der Waals surface area contributed by atoms with E-state index in [4.69, 9.17) is 4.43 Å². The van der Waals surface area contributed by atoms with Crippen LogP contribution in [0, 0.1) is 5.82 Å². The van der Waals surface area contributed by atoms with E-state index < -0.39 is 8.32 Å². The molecule has 0 bridgehead atoms. The quantitative estimate of drug-likeness (QED) is 0.737. The summed E-state index contributed by atoms with van der Waals surface area (Å²) in [4.78, 5) is 0. The summed E-state index contributed by atoms with van der Waals surface area (Å²) in [7, 11) is -1.63. The monoisotopic (exact) mass is 262 g/mol. The molecule has 0 radical (unpaired) electrons. The summed E-state index contributed by atoms with van der Waals surface area (Å²) in [6.45, 7) is 6.18. The maximum Gasteiger partial charge on any atom is 0.242 e. The van der Waals surface area contributed by atoms with E-state index in [9.17, 15) is 4.39 Å². The van der Waals surface area contributed by atoms with E-state index in [1.165, 1.54) is 12.1 Å². The fraction of sp³-hybridized carbons (Fsp3) is 0.333. The van der Waals surface area contributed by atoms with Crippen molar-refractivity contribution in [2.45, 2.75) is 19.6 Å². The highest BCUT2D eigenvalue weighted by atomic mass is 79.9. The van der Waals surface area contributed by atoms with E-state index >= 15 is 0 Å². The smallest absolute Gasteiger partial charge is 0.242 e. The van der Waals surface area contributed by atoms with Gasteiger partial charge >= 0.3 is 0 Å². The van der Waals surface area contributed by atoms with Gasteiger partial charge in [-0.25, -0.2) is 4.39 Å². The Kier molecular flexibility index (Phi) is 3.13. The molecule has 0 aliphatic carbocycles. The molecule has 1 nitrogen and oxygen atoms in total. The van der Waals surface area contributed by atoms with Crippen LogP contribution in [-0.4, -0.2) is 8.32 Å². The van der Waals surface area contributed by atoms with E-state index in [1.807, 2.05) is 0 Å². The van der Waals surface area contributed by atoms with Gasteiger partial charge in [0.15, 0.2) is 0 Å².